The van der Waals surface area contributed by atoms with Gasteiger partial charge in [-0.3, -0.25) is 0 Å². The van der Waals surface area contributed by atoms with Crippen LogP contribution in [0.5, 0.6) is 5.75 Å². The second-order valence-electron chi connectivity index (χ2n) is 4.47. The summed E-state index contributed by atoms with van der Waals surface area (Å²) in [6.07, 6.45) is 0. The maximum atomic E-state index is 5.69. The number of imidazole rings is 1. The quantitative estimate of drug-likeness (QED) is 0.802. The van der Waals surface area contributed by atoms with Gasteiger partial charge in [0.2, 0.25) is 0 Å². The SMILES string of the molecule is COCCNCc1nc2c([nH]1)COc1ccccc1-2. The smallest absolute Gasteiger partial charge is 0.130 e. The van der Waals surface area contributed by atoms with Crippen molar-refractivity contribution < 1.29 is 9.47 Å². The first kappa shape index (κ1) is 12.2. The van der Waals surface area contributed by atoms with Crippen LogP contribution in [-0.4, -0.2) is 30.2 Å². The van der Waals surface area contributed by atoms with Crippen LogP contribution in [0.2, 0.25) is 0 Å². The molecule has 3 rings (SSSR count). The lowest BCUT2D eigenvalue weighted by Gasteiger charge is -2.15. The van der Waals surface area contributed by atoms with Gasteiger partial charge in [0.1, 0.15) is 18.2 Å². The molecule has 0 saturated heterocycles. The highest BCUT2D eigenvalue weighted by Crippen LogP contribution is 2.35. The van der Waals surface area contributed by atoms with Crippen LogP contribution < -0.4 is 10.1 Å². The first-order valence-electron chi connectivity index (χ1n) is 6.38. The Balaban J connectivity index is 1.77. The van der Waals surface area contributed by atoms with E-state index in [-0.39, 0.29) is 0 Å². The zero-order valence-electron chi connectivity index (χ0n) is 10.9. The van der Waals surface area contributed by atoms with Crippen LogP contribution in [-0.2, 0) is 17.9 Å². The lowest BCUT2D eigenvalue weighted by molar-refractivity contribution is 0.199. The van der Waals surface area contributed by atoms with Gasteiger partial charge in [0.15, 0.2) is 0 Å². The Morgan fingerprint density at radius 3 is 3.21 bits per heavy atom. The largest absolute Gasteiger partial charge is 0.487 e. The third-order valence-electron chi connectivity index (χ3n) is 3.12. The maximum absolute atomic E-state index is 5.69. The average molecular weight is 259 g/mol. The molecule has 0 spiro atoms. The number of aromatic amines is 1. The van der Waals surface area contributed by atoms with Crippen molar-refractivity contribution in [1.29, 1.82) is 0 Å². The molecule has 0 atom stereocenters. The van der Waals surface area contributed by atoms with Crippen LogP contribution >= 0.6 is 0 Å². The number of hydrogen-bond acceptors (Lipinski definition) is 4. The van der Waals surface area contributed by atoms with Crippen molar-refractivity contribution in [3.05, 3.63) is 35.8 Å². The zero-order valence-corrected chi connectivity index (χ0v) is 10.9. The third-order valence-corrected chi connectivity index (χ3v) is 3.12. The van der Waals surface area contributed by atoms with Crippen LogP contribution in [0.25, 0.3) is 11.3 Å². The lowest BCUT2D eigenvalue weighted by Crippen LogP contribution is -2.19. The monoisotopic (exact) mass is 259 g/mol. The number of hydrogen-bond donors (Lipinski definition) is 2. The number of rotatable bonds is 5. The van der Waals surface area contributed by atoms with E-state index in [1.54, 1.807) is 7.11 Å². The van der Waals surface area contributed by atoms with E-state index in [4.69, 9.17) is 9.47 Å². The highest BCUT2D eigenvalue weighted by atomic mass is 16.5. The summed E-state index contributed by atoms with van der Waals surface area (Å²) in [5.41, 5.74) is 3.11. The van der Waals surface area contributed by atoms with Gasteiger partial charge in [-0.25, -0.2) is 4.98 Å². The molecule has 19 heavy (non-hydrogen) atoms. The fourth-order valence-electron chi connectivity index (χ4n) is 2.19. The molecule has 1 aliphatic rings. The van der Waals surface area contributed by atoms with Crippen LogP contribution in [0.1, 0.15) is 11.5 Å². The first-order chi connectivity index (χ1) is 9.38. The van der Waals surface area contributed by atoms with Crippen molar-refractivity contribution in [3.8, 4) is 17.0 Å². The van der Waals surface area contributed by atoms with Crippen LogP contribution in [0.3, 0.4) is 0 Å². The predicted molar refractivity (Wildman–Crippen MR) is 71.9 cm³/mol. The fraction of sp³-hybridized carbons (Fsp3) is 0.357. The second-order valence-corrected chi connectivity index (χ2v) is 4.47. The van der Waals surface area contributed by atoms with Gasteiger partial charge < -0.3 is 19.8 Å². The predicted octanol–water partition coefficient (Wildman–Crippen LogP) is 1.71. The lowest BCUT2D eigenvalue weighted by atomic mass is 10.1. The number of nitrogens with zero attached hydrogens (tertiary/aromatic N) is 1. The number of aromatic nitrogens is 2. The Morgan fingerprint density at radius 2 is 2.32 bits per heavy atom. The molecule has 0 unspecified atom stereocenters. The zero-order chi connectivity index (χ0) is 13.1. The van der Waals surface area contributed by atoms with E-state index in [1.807, 2.05) is 24.3 Å². The summed E-state index contributed by atoms with van der Waals surface area (Å²) in [6.45, 7) is 2.78. The van der Waals surface area contributed by atoms with Gasteiger partial charge in [-0.1, -0.05) is 12.1 Å². The van der Waals surface area contributed by atoms with Gasteiger partial charge in [0, 0.05) is 19.2 Å². The highest BCUT2D eigenvalue weighted by molar-refractivity contribution is 5.70. The summed E-state index contributed by atoms with van der Waals surface area (Å²) in [6, 6.07) is 7.99. The van der Waals surface area contributed by atoms with E-state index in [9.17, 15) is 0 Å². The van der Waals surface area contributed by atoms with Crippen molar-refractivity contribution in [2.24, 2.45) is 0 Å². The highest BCUT2D eigenvalue weighted by Gasteiger charge is 2.20. The van der Waals surface area contributed by atoms with Crippen molar-refractivity contribution >= 4 is 0 Å². The van der Waals surface area contributed by atoms with Crippen LogP contribution in [0.4, 0.5) is 0 Å². The molecule has 1 aromatic heterocycles. The minimum absolute atomic E-state index is 0.553. The molecule has 2 N–H and O–H groups in total. The Kier molecular flexibility index (Phi) is 3.48. The minimum Gasteiger partial charge on any atom is -0.487 e. The molecular formula is C14H17N3O2. The number of nitrogens with one attached hydrogen (secondary N) is 2. The second kappa shape index (κ2) is 5.42. The van der Waals surface area contributed by atoms with Gasteiger partial charge in [0.25, 0.3) is 0 Å². The molecule has 2 aromatic rings. The van der Waals surface area contributed by atoms with Crippen molar-refractivity contribution in [2.45, 2.75) is 13.2 Å². The number of para-hydroxylation sites is 1. The Hall–Kier alpha value is -1.85. The molecule has 0 radical (unpaired) electrons. The van der Waals surface area contributed by atoms with E-state index in [0.717, 1.165) is 35.1 Å². The van der Waals surface area contributed by atoms with Crippen molar-refractivity contribution in [1.82, 2.24) is 15.3 Å². The molecule has 0 aliphatic carbocycles. The molecule has 0 saturated carbocycles. The Labute approximate surface area is 112 Å². The molecule has 100 valence electrons. The summed E-state index contributed by atoms with van der Waals surface area (Å²) in [5, 5.41) is 3.28. The first-order valence-corrected chi connectivity index (χ1v) is 6.38. The standard InChI is InChI=1S/C14H17N3O2/c1-18-7-6-15-8-13-16-11-9-19-12-5-3-2-4-10(12)14(11)17-13/h2-5,15H,6-9H2,1H3,(H,16,17). The normalized spacial score (nSPS) is 12.7. The summed E-state index contributed by atoms with van der Waals surface area (Å²) >= 11 is 0. The molecular weight excluding hydrogens is 242 g/mol. The third kappa shape index (κ3) is 2.47. The van der Waals surface area contributed by atoms with E-state index < -0.39 is 0 Å². The molecule has 1 aromatic carbocycles. The van der Waals surface area contributed by atoms with E-state index in [0.29, 0.717) is 19.8 Å². The van der Waals surface area contributed by atoms with E-state index >= 15 is 0 Å². The molecule has 5 nitrogen and oxygen atoms in total. The summed E-state index contributed by atoms with van der Waals surface area (Å²) in [7, 11) is 1.70. The van der Waals surface area contributed by atoms with Crippen molar-refractivity contribution in [2.75, 3.05) is 20.3 Å². The molecule has 2 heterocycles. The number of H-pyrrole nitrogens is 1. The Morgan fingerprint density at radius 1 is 1.42 bits per heavy atom. The summed E-state index contributed by atoms with van der Waals surface area (Å²) < 4.78 is 10.7. The average Bonchev–Trinajstić information content (AvgIpc) is 2.87. The van der Waals surface area contributed by atoms with Gasteiger partial charge in [-0.15, -0.1) is 0 Å². The van der Waals surface area contributed by atoms with E-state index in [2.05, 4.69) is 15.3 Å². The summed E-state index contributed by atoms with van der Waals surface area (Å²) in [5.74, 6) is 1.83. The van der Waals surface area contributed by atoms with Crippen LogP contribution in [0, 0.1) is 0 Å². The van der Waals surface area contributed by atoms with Gasteiger partial charge >= 0.3 is 0 Å². The molecule has 0 fully saturated rings. The Bertz CT molecular complexity index is 566. The molecule has 5 heteroatoms. The minimum atomic E-state index is 0.553. The summed E-state index contributed by atoms with van der Waals surface area (Å²) in [4.78, 5) is 7.96. The van der Waals surface area contributed by atoms with Gasteiger partial charge in [-0.05, 0) is 12.1 Å². The van der Waals surface area contributed by atoms with Crippen molar-refractivity contribution in [3.63, 3.8) is 0 Å². The number of benzene rings is 1. The van der Waals surface area contributed by atoms with Gasteiger partial charge in [-0.2, -0.15) is 0 Å². The van der Waals surface area contributed by atoms with Crippen LogP contribution in [0.15, 0.2) is 24.3 Å². The molecule has 0 bridgehead atoms. The molecule has 0 amide bonds. The maximum Gasteiger partial charge on any atom is 0.130 e. The number of fused-ring (bicyclic) bond motifs is 3. The topological polar surface area (TPSA) is 59.2 Å². The van der Waals surface area contributed by atoms with E-state index in [1.165, 1.54) is 0 Å². The molecule has 1 aliphatic heterocycles. The fourth-order valence-corrected chi connectivity index (χ4v) is 2.19. The number of methoxy groups -OCH3 is 1. The number of ether oxygens (including phenoxy) is 2. The van der Waals surface area contributed by atoms with Gasteiger partial charge in [0.05, 0.1) is 24.5 Å².